The van der Waals surface area contributed by atoms with E-state index >= 15 is 0 Å². The number of fused-ring (bicyclic) bond motifs is 5. The van der Waals surface area contributed by atoms with E-state index in [4.69, 9.17) is 4.74 Å². The molecule has 0 aromatic carbocycles. The van der Waals surface area contributed by atoms with Crippen LogP contribution in [0.25, 0.3) is 0 Å². The molecule has 1 N–H and O–H groups in total. The number of hydrogen-bond acceptors (Lipinski definition) is 3. The Morgan fingerprint density at radius 2 is 1.66 bits per heavy atom. The zero-order chi connectivity index (χ0) is 36.0. The Balaban J connectivity index is 1.15. The Kier molecular flexibility index (Phi) is 16.7. The SMILES string of the molecule is CCCCC/C=C\C/C=C\C/C=C\C=C\[C@@H](O)CCCC(=O)O[C@H]1CC[C@@]2(C)C(=CC[C@H]3[C@@H]4CC[C@H]([C@H](C)CCCC(C)C)[C@@]4(C)CC[C@@H]32)C1. The summed E-state index contributed by atoms with van der Waals surface area (Å²) >= 11 is 0. The first kappa shape index (κ1) is 40.9. The highest BCUT2D eigenvalue weighted by atomic mass is 16.5. The molecule has 4 aliphatic carbocycles. The molecule has 4 aliphatic rings. The van der Waals surface area contributed by atoms with Crippen LogP contribution in [0.3, 0.4) is 0 Å². The van der Waals surface area contributed by atoms with Crippen LogP contribution in [0.4, 0.5) is 0 Å². The number of carbonyl (C=O) groups excluding carboxylic acids is 1. The van der Waals surface area contributed by atoms with Crippen LogP contribution in [0.5, 0.6) is 0 Å². The third kappa shape index (κ3) is 11.3. The molecule has 0 heterocycles. The number of hydrogen-bond donors (Lipinski definition) is 1. The monoisotopic (exact) mass is 689 g/mol. The van der Waals surface area contributed by atoms with E-state index in [0.29, 0.717) is 24.7 Å². The molecule has 9 atom stereocenters. The summed E-state index contributed by atoms with van der Waals surface area (Å²) in [6.45, 7) is 14.8. The molecule has 0 bridgehead atoms. The summed E-state index contributed by atoms with van der Waals surface area (Å²) in [5, 5.41) is 10.4. The molecule has 0 aliphatic heterocycles. The molecular formula is C47H76O3. The van der Waals surface area contributed by atoms with Gasteiger partial charge in [0.05, 0.1) is 6.10 Å². The van der Waals surface area contributed by atoms with Crippen LogP contribution >= 0.6 is 0 Å². The van der Waals surface area contributed by atoms with Crippen LogP contribution in [-0.4, -0.2) is 23.3 Å². The lowest BCUT2D eigenvalue weighted by atomic mass is 9.47. The number of rotatable bonds is 20. The van der Waals surface area contributed by atoms with Crippen LogP contribution in [0.1, 0.15) is 170 Å². The summed E-state index contributed by atoms with van der Waals surface area (Å²) in [5.41, 5.74) is 2.39. The number of carbonyl (C=O) groups is 1. The van der Waals surface area contributed by atoms with Gasteiger partial charge in [0.2, 0.25) is 0 Å². The summed E-state index contributed by atoms with van der Waals surface area (Å²) in [7, 11) is 0. The lowest BCUT2D eigenvalue weighted by molar-refractivity contribution is -0.151. The zero-order valence-corrected chi connectivity index (χ0v) is 33.2. The zero-order valence-electron chi connectivity index (χ0n) is 33.2. The van der Waals surface area contributed by atoms with Crippen LogP contribution in [0, 0.1) is 46.3 Å². The largest absolute Gasteiger partial charge is 0.462 e. The maximum atomic E-state index is 12.8. The Morgan fingerprint density at radius 3 is 2.44 bits per heavy atom. The molecule has 4 rings (SSSR count). The highest BCUT2D eigenvalue weighted by Gasteiger charge is 2.59. The van der Waals surface area contributed by atoms with Crippen molar-refractivity contribution in [3.63, 3.8) is 0 Å². The van der Waals surface area contributed by atoms with Crippen molar-refractivity contribution in [1.82, 2.24) is 0 Å². The topological polar surface area (TPSA) is 46.5 Å². The van der Waals surface area contributed by atoms with Crippen molar-refractivity contribution in [3.05, 3.63) is 60.3 Å². The van der Waals surface area contributed by atoms with E-state index in [2.05, 4.69) is 78.0 Å². The van der Waals surface area contributed by atoms with Crippen molar-refractivity contribution in [3.8, 4) is 0 Å². The molecule has 0 spiro atoms. The Bertz CT molecular complexity index is 1170. The van der Waals surface area contributed by atoms with E-state index in [-0.39, 0.29) is 17.5 Å². The minimum absolute atomic E-state index is 0.0144. The molecule has 3 fully saturated rings. The van der Waals surface area contributed by atoms with Gasteiger partial charge in [-0.15, -0.1) is 0 Å². The van der Waals surface area contributed by atoms with Crippen molar-refractivity contribution in [2.75, 3.05) is 0 Å². The maximum Gasteiger partial charge on any atom is 0.306 e. The Labute approximate surface area is 308 Å². The van der Waals surface area contributed by atoms with Crippen molar-refractivity contribution in [2.24, 2.45) is 46.3 Å². The molecule has 3 heteroatoms. The van der Waals surface area contributed by atoms with Gasteiger partial charge in [-0.3, -0.25) is 4.79 Å². The smallest absolute Gasteiger partial charge is 0.306 e. The highest BCUT2D eigenvalue weighted by Crippen LogP contribution is 2.67. The normalized spacial score (nSPS) is 32.5. The Hall–Kier alpha value is -1.87. The van der Waals surface area contributed by atoms with E-state index < -0.39 is 6.10 Å². The van der Waals surface area contributed by atoms with Gasteiger partial charge in [0.1, 0.15) is 6.10 Å². The van der Waals surface area contributed by atoms with Crippen molar-refractivity contribution in [2.45, 2.75) is 182 Å². The number of allylic oxidation sites excluding steroid dienone is 8. The van der Waals surface area contributed by atoms with Gasteiger partial charge in [-0.1, -0.05) is 134 Å². The average Bonchev–Trinajstić information content (AvgIpc) is 3.44. The van der Waals surface area contributed by atoms with Crippen molar-refractivity contribution < 1.29 is 14.6 Å². The quantitative estimate of drug-likeness (QED) is 0.0599. The fraction of sp³-hybridized carbons (Fsp3) is 0.766. The lowest BCUT2D eigenvalue weighted by Crippen LogP contribution is -2.51. The fourth-order valence-corrected chi connectivity index (χ4v) is 11.0. The molecule has 0 unspecified atom stereocenters. The summed E-state index contributed by atoms with van der Waals surface area (Å²) in [6, 6.07) is 0. The molecule has 3 nitrogen and oxygen atoms in total. The van der Waals surface area contributed by atoms with Crippen molar-refractivity contribution in [1.29, 1.82) is 0 Å². The van der Waals surface area contributed by atoms with Gasteiger partial charge in [-0.25, -0.2) is 0 Å². The first-order valence-electron chi connectivity index (χ1n) is 21.3. The fourth-order valence-electron chi connectivity index (χ4n) is 11.0. The summed E-state index contributed by atoms with van der Waals surface area (Å²) in [6.07, 6.45) is 41.6. The first-order valence-corrected chi connectivity index (χ1v) is 21.3. The highest BCUT2D eigenvalue weighted by molar-refractivity contribution is 5.69. The van der Waals surface area contributed by atoms with E-state index in [1.807, 2.05) is 18.2 Å². The van der Waals surface area contributed by atoms with E-state index in [1.54, 1.807) is 5.57 Å². The second-order valence-corrected chi connectivity index (χ2v) is 17.8. The predicted molar refractivity (Wildman–Crippen MR) is 213 cm³/mol. The number of ether oxygens (including phenoxy) is 1. The minimum atomic E-state index is -0.530. The lowest BCUT2D eigenvalue weighted by Gasteiger charge is -2.58. The molecule has 282 valence electrons. The van der Waals surface area contributed by atoms with Gasteiger partial charge >= 0.3 is 5.97 Å². The van der Waals surface area contributed by atoms with Crippen LogP contribution in [0.2, 0.25) is 0 Å². The molecule has 0 aromatic rings. The number of unbranched alkanes of at least 4 members (excludes halogenated alkanes) is 3. The van der Waals surface area contributed by atoms with Gasteiger partial charge in [-0.05, 0) is 130 Å². The standard InChI is InChI=1S/C47H76O3/c1-7-8-9-10-11-12-13-14-15-16-17-18-19-24-39(48)25-21-26-45(49)50-40-31-33-46(5)38(35-40)27-28-41-43-30-29-42(37(4)23-20-22-36(2)3)47(43,6)34-32-44(41)46/h11-12,14-15,17-19,24,27,36-37,39-44,48H,7-10,13,16,20-23,25-26,28-35H2,1-6H3/b12-11-,15-14-,18-17-,24-19+/t37-,39-,40+,41+,42-,43+,44+,46+,47-/m1/s1. The molecule has 3 saturated carbocycles. The Morgan fingerprint density at radius 1 is 0.880 bits per heavy atom. The van der Waals surface area contributed by atoms with E-state index in [0.717, 1.165) is 67.6 Å². The van der Waals surface area contributed by atoms with Crippen molar-refractivity contribution >= 4 is 5.97 Å². The number of aliphatic hydroxyl groups excluding tert-OH is 1. The van der Waals surface area contributed by atoms with Crippen LogP contribution < -0.4 is 0 Å². The minimum Gasteiger partial charge on any atom is -0.462 e. The molecule has 0 radical (unpaired) electrons. The van der Waals surface area contributed by atoms with Gasteiger partial charge in [0.15, 0.2) is 0 Å². The average molecular weight is 689 g/mol. The molecule has 0 amide bonds. The van der Waals surface area contributed by atoms with Crippen LogP contribution in [-0.2, 0) is 9.53 Å². The van der Waals surface area contributed by atoms with Gasteiger partial charge in [-0.2, -0.15) is 0 Å². The summed E-state index contributed by atoms with van der Waals surface area (Å²) in [5.74, 6) is 4.98. The van der Waals surface area contributed by atoms with Gasteiger partial charge in [0.25, 0.3) is 0 Å². The molecule has 0 aromatic heterocycles. The van der Waals surface area contributed by atoms with Crippen LogP contribution in [0.15, 0.2) is 60.3 Å². The first-order chi connectivity index (χ1) is 24.1. The van der Waals surface area contributed by atoms with Gasteiger partial charge in [0, 0.05) is 12.8 Å². The molecular weight excluding hydrogens is 613 g/mol. The second-order valence-electron chi connectivity index (χ2n) is 17.8. The predicted octanol–water partition coefficient (Wildman–Crippen LogP) is 13.1. The maximum absolute atomic E-state index is 12.8. The van der Waals surface area contributed by atoms with E-state index in [9.17, 15) is 9.90 Å². The second kappa shape index (κ2) is 20.4. The summed E-state index contributed by atoms with van der Waals surface area (Å²) in [4.78, 5) is 12.8. The number of aliphatic hydroxyl groups is 1. The van der Waals surface area contributed by atoms with Gasteiger partial charge < -0.3 is 9.84 Å². The third-order valence-electron chi connectivity index (χ3n) is 13.9. The molecule has 50 heavy (non-hydrogen) atoms. The van der Waals surface area contributed by atoms with E-state index in [1.165, 1.54) is 77.0 Å². The number of esters is 1. The third-order valence-corrected chi connectivity index (χ3v) is 13.9. The summed E-state index contributed by atoms with van der Waals surface area (Å²) < 4.78 is 6.06. The molecule has 0 saturated heterocycles.